The fraction of sp³-hybridized carbons (Fsp3) is 0.286. The summed E-state index contributed by atoms with van der Waals surface area (Å²) in [6.45, 7) is 1.36. The predicted molar refractivity (Wildman–Crippen MR) is 119 cm³/mol. The van der Waals surface area contributed by atoms with Crippen LogP contribution in [0.1, 0.15) is 36.0 Å². The molecule has 7 nitrogen and oxygen atoms in total. The number of nitrogens with one attached hydrogen (secondary N) is 1. The Morgan fingerprint density at radius 3 is 2.50 bits per heavy atom. The molecule has 1 N–H and O–H groups in total. The van der Waals surface area contributed by atoms with Gasteiger partial charge in [-0.2, -0.15) is 0 Å². The molecule has 3 aromatic rings. The number of rotatable bonds is 4. The molecule has 1 saturated heterocycles. The van der Waals surface area contributed by atoms with Gasteiger partial charge in [0, 0.05) is 30.0 Å². The zero-order valence-electron chi connectivity index (χ0n) is 16.2. The molecule has 0 spiro atoms. The average Bonchev–Trinajstić information content (AvgIpc) is 3.02. The van der Waals surface area contributed by atoms with E-state index in [2.05, 4.69) is 30.6 Å². The van der Waals surface area contributed by atoms with E-state index in [9.17, 15) is 13.2 Å². The van der Waals surface area contributed by atoms with Crippen LogP contribution in [0.3, 0.4) is 0 Å². The maximum atomic E-state index is 13.2. The Balaban J connectivity index is 1.72. The Hall–Kier alpha value is -2.52. The van der Waals surface area contributed by atoms with Crippen LogP contribution < -0.4 is 4.72 Å². The van der Waals surface area contributed by atoms with Crippen molar-refractivity contribution in [3.63, 3.8) is 0 Å². The lowest BCUT2D eigenvalue weighted by molar-refractivity contribution is 0.0762. The summed E-state index contributed by atoms with van der Waals surface area (Å²) in [5.74, 6) is -0.167. The molecule has 1 aromatic heterocycles. The van der Waals surface area contributed by atoms with Gasteiger partial charge in [-0.05, 0) is 43.2 Å². The molecule has 1 aliphatic rings. The number of anilines is 1. The van der Waals surface area contributed by atoms with E-state index in [4.69, 9.17) is 0 Å². The van der Waals surface area contributed by atoms with Crippen molar-refractivity contribution in [2.75, 3.05) is 17.8 Å². The second kappa shape index (κ2) is 8.69. The van der Waals surface area contributed by atoms with Gasteiger partial charge in [-0.15, -0.1) is 0 Å². The number of halogens is 1. The molecule has 0 aliphatic carbocycles. The molecule has 9 heteroatoms. The molecule has 1 amide bonds. The van der Waals surface area contributed by atoms with Crippen molar-refractivity contribution in [2.45, 2.75) is 30.6 Å². The third-order valence-corrected chi connectivity index (χ3v) is 6.99. The van der Waals surface area contributed by atoms with Crippen LogP contribution in [0.2, 0.25) is 0 Å². The molecule has 0 bridgehead atoms. The summed E-state index contributed by atoms with van der Waals surface area (Å²) >= 11 is 3.38. The first-order valence-electron chi connectivity index (χ1n) is 9.77. The monoisotopic (exact) mass is 488 g/mol. The highest BCUT2D eigenvalue weighted by atomic mass is 79.9. The number of likely N-dealkylation sites (tertiary alicyclic amines) is 1. The molecule has 2 heterocycles. The normalized spacial score (nSPS) is 15.0. The summed E-state index contributed by atoms with van der Waals surface area (Å²) in [5, 5.41) is 0. The first kappa shape index (κ1) is 20.7. The number of amides is 1. The van der Waals surface area contributed by atoms with Gasteiger partial charge in [0.05, 0.1) is 16.8 Å². The number of carbonyl (C=O) groups excluding carboxylic acids is 1. The number of hydrogen-bond acceptors (Lipinski definition) is 5. The van der Waals surface area contributed by atoms with Crippen LogP contribution in [0, 0.1) is 0 Å². The van der Waals surface area contributed by atoms with Crippen LogP contribution in [0.5, 0.6) is 0 Å². The lowest BCUT2D eigenvalue weighted by Gasteiger charge is -2.22. The number of carbonyl (C=O) groups is 1. The minimum absolute atomic E-state index is 0.0150. The lowest BCUT2D eigenvalue weighted by Crippen LogP contribution is -2.32. The molecule has 1 fully saturated rings. The smallest absolute Gasteiger partial charge is 0.264 e. The molecule has 30 heavy (non-hydrogen) atoms. The van der Waals surface area contributed by atoms with Crippen molar-refractivity contribution in [1.82, 2.24) is 14.9 Å². The van der Waals surface area contributed by atoms with Gasteiger partial charge in [-0.25, -0.2) is 8.42 Å². The highest BCUT2D eigenvalue weighted by molar-refractivity contribution is 9.10. The molecule has 2 aromatic carbocycles. The van der Waals surface area contributed by atoms with Gasteiger partial charge in [-0.3, -0.25) is 19.5 Å². The molecule has 0 atom stereocenters. The highest BCUT2D eigenvalue weighted by Crippen LogP contribution is 2.28. The number of aromatic nitrogens is 2. The molecule has 4 rings (SSSR count). The number of fused-ring (bicyclic) bond motifs is 1. The van der Waals surface area contributed by atoms with E-state index in [-0.39, 0.29) is 22.0 Å². The van der Waals surface area contributed by atoms with Gasteiger partial charge in [0.25, 0.3) is 15.9 Å². The molecule has 0 unspecified atom stereocenters. The molecule has 156 valence electrons. The average molecular weight is 489 g/mol. The van der Waals surface area contributed by atoms with E-state index >= 15 is 0 Å². The maximum Gasteiger partial charge on any atom is 0.264 e. The van der Waals surface area contributed by atoms with Gasteiger partial charge < -0.3 is 4.90 Å². The third kappa shape index (κ3) is 4.32. The van der Waals surface area contributed by atoms with Gasteiger partial charge >= 0.3 is 0 Å². The predicted octanol–water partition coefficient (Wildman–Crippen LogP) is 4.21. The Bertz CT molecular complexity index is 1190. The zero-order chi connectivity index (χ0) is 21.1. The Kier molecular flexibility index (Phi) is 6.01. The zero-order valence-corrected chi connectivity index (χ0v) is 18.6. The number of nitrogens with zero attached hydrogens (tertiary/aromatic N) is 3. The van der Waals surface area contributed by atoms with Crippen molar-refractivity contribution in [3.8, 4) is 0 Å². The first-order chi connectivity index (χ1) is 14.5. The van der Waals surface area contributed by atoms with E-state index in [1.807, 2.05) is 0 Å². The fourth-order valence-electron chi connectivity index (χ4n) is 3.61. The molecular weight excluding hydrogens is 468 g/mol. The van der Waals surface area contributed by atoms with Crippen molar-refractivity contribution < 1.29 is 13.2 Å². The van der Waals surface area contributed by atoms with Crippen molar-refractivity contribution in [2.24, 2.45) is 0 Å². The fourth-order valence-corrected chi connectivity index (χ4v) is 5.21. The largest absolute Gasteiger partial charge is 0.339 e. The summed E-state index contributed by atoms with van der Waals surface area (Å²) < 4.78 is 29.7. The maximum absolute atomic E-state index is 13.2. The van der Waals surface area contributed by atoms with E-state index in [1.165, 1.54) is 18.5 Å². The van der Waals surface area contributed by atoms with Crippen LogP contribution in [-0.4, -0.2) is 42.3 Å². The van der Waals surface area contributed by atoms with Gasteiger partial charge in [0.2, 0.25) is 0 Å². The quantitative estimate of drug-likeness (QED) is 0.593. The van der Waals surface area contributed by atoms with Crippen LogP contribution in [0.4, 0.5) is 5.69 Å². The summed E-state index contributed by atoms with van der Waals surface area (Å²) in [5.41, 5.74) is 1.33. The van der Waals surface area contributed by atoms with Crippen LogP contribution in [0.25, 0.3) is 11.0 Å². The van der Waals surface area contributed by atoms with Crippen LogP contribution in [-0.2, 0) is 10.0 Å². The van der Waals surface area contributed by atoms with Crippen molar-refractivity contribution >= 4 is 48.6 Å². The number of benzene rings is 2. The number of para-hydroxylation sites is 1. The molecular formula is C21H21BrN4O3S. The van der Waals surface area contributed by atoms with E-state index < -0.39 is 10.0 Å². The third-order valence-electron chi connectivity index (χ3n) is 5.10. The SMILES string of the molecule is O=C(c1ccc(Br)cc1NS(=O)(=O)c1cccc2nccnc12)N1CCCCCC1. The second-order valence-corrected chi connectivity index (χ2v) is 9.75. The first-order valence-corrected chi connectivity index (χ1v) is 12.0. The minimum Gasteiger partial charge on any atom is -0.339 e. The highest BCUT2D eigenvalue weighted by Gasteiger charge is 2.24. The standard InChI is InChI=1S/C21H21BrN4O3S/c22-15-8-9-16(21(27)26-12-3-1-2-4-13-26)18(14-15)25-30(28,29)19-7-5-6-17-20(19)24-11-10-23-17/h5-11,14,25H,1-4,12-13H2. The van der Waals surface area contributed by atoms with Crippen LogP contribution in [0.15, 0.2) is 58.2 Å². The number of hydrogen-bond donors (Lipinski definition) is 1. The Labute approximate surface area is 183 Å². The summed E-state index contributed by atoms with van der Waals surface area (Å²) in [6.07, 6.45) is 7.08. The van der Waals surface area contributed by atoms with E-state index in [1.54, 1.807) is 35.2 Å². The van der Waals surface area contributed by atoms with Gasteiger partial charge in [-0.1, -0.05) is 34.8 Å². The second-order valence-electron chi connectivity index (χ2n) is 7.18. The summed E-state index contributed by atoms with van der Waals surface area (Å²) in [4.78, 5) is 23.3. The summed E-state index contributed by atoms with van der Waals surface area (Å²) in [6, 6.07) is 9.81. The van der Waals surface area contributed by atoms with Crippen molar-refractivity contribution in [3.05, 3.63) is 58.8 Å². The molecule has 0 saturated carbocycles. The van der Waals surface area contributed by atoms with Crippen molar-refractivity contribution in [1.29, 1.82) is 0 Å². The van der Waals surface area contributed by atoms with Gasteiger partial charge in [0.1, 0.15) is 10.4 Å². The minimum atomic E-state index is -3.99. The van der Waals surface area contributed by atoms with Crippen LogP contribution >= 0.6 is 15.9 Å². The van der Waals surface area contributed by atoms with E-state index in [0.29, 0.717) is 28.6 Å². The summed E-state index contributed by atoms with van der Waals surface area (Å²) in [7, 11) is -3.99. The van der Waals surface area contributed by atoms with E-state index in [0.717, 1.165) is 25.7 Å². The van der Waals surface area contributed by atoms with Gasteiger partial charge in [0.15, 0.2) is 0 Å². The molecule has 0 radical (unpaired) electrons. The molecule has 1 aliphatic heterocycles. The Morgan fingerprint density at radius 2 is 1.73 bits per heavy atom. The number of sulfonamides is 1. The topological polar surface area (TPSA) is 92.3 Å². The Morgan fingerprint density at radius 1 is 1.00 bits per heavy atom. The lowest BCUT2D eigenvalue weighted by atomic mass is 10.1.